The number of ketones is 6. The molecule has 0 aliphatic carbocycles. The van der Waals surface area contributed by atoms with Crippen molar-refractivity contribution in [1.82, 2.24) is 36.1 Å². The molecule has 2 aliphatic heterocycles. The van der Waals surface area contributed by atoms with Crippen LogP contribution in [0, 0.1) is 35.5 Å². The molecule has 3 heterocycles. The van der Waals surface area contributed by atoms with E-state index in [1.807, 2.05) is 65.8 Å². The molecule has 464 valence electrons. The van der Waals surface area contributed by atoms with Gasteiger partial charge in [0, 0.05) is 113 Å². The summed E-state index contributed by atoms with van der Waals surface area (Å²) in [5.74, 6) is -9.76. The maximum Gasteiger partial charge on any atom is 0.287 e. The third kappa shape index (κ3) is 21.0. The molecule has 1 aromatic heterocycles. The van der Waals surface area contributed by atoms with Crippen molar-refractivity contribution in [3.8, 4) is 0 Å². The molecular weight excluding hydrogens is 1080 g/mol. The Balaban J connectivity index is 1.46. The summed E-state index contributed by atoms with van der Waals surface area (Å²) < 4.78 is 0. The number of aromatic amines is 1. The molecule has 21 heteroatoms. The van der Waals surface area contributed by atoms with Gasteiger partial charge >= 0.3 is 0 Å². The molecule has 0 bridgehead atoms. The molecule has 7 amide bonds. The van der Waals surface area contributed by atoms with Crippen LogP contribution in [0.2, 0.25) is 0 Å². The van der Waals surface area contributed by atoms with E-state index in [4.69, 9.17) is 5.73 Å². The monoisotopic (exact) mass is 1170 g/mol. The minimum Gasteiger partial charge on any atom is -0.369 e. The van der Waals surface area contributed by atoms with E-state index in [1.165, 1.54) is 23.8 Å². The lowest BCUT2D eigenvalue weighted by molar-refractivity contribution is -0.144. The summed E-state index contributed by atoms with van der Waals surface area (Å²) in [6.45, 7) is 15.1. The van der Waals surface area contributed by atoms with Gasteiger partial charge in [0.1, 0.15) is 0 Å². The largest absolute Gasteiger partial charge is 0.369 e. The zero-order chi connectivity index (χ0) is 62.4. The molecule has 2 fully saturated rings. The lowest BCUT2D eigenvalue weighted by Crippen LogP contribution is -2.50. The Morgan fingerprint density at radius 2 is 1.31 bits per heavy atom. The highest BCUT2D eigenvalue weighted by Gasteiger charge is 2.41. The molecule has 84 heavy (non-hydrogen) atoms. The predicted molar refractivity (Wildman–Crippen MR) is 316 cm³/mol. The number of H-pyrrole nitrogens is 1. The third-order valence-corrected chi connectivity index (χ3v) is 16.5. The van der Waals surface area contributed by atoms with Gasteiger partial charge in [0.25, 0.3) is 5.91 Å². The number of hydrogen-bond acceptors (Lipinski definition) is 13. The van der Waals surface area contributed by atoms with Crippen molar-refractivity contribution in [3.05, 3.63) is 36.0 Å². The molecule has 4 rings (SSSR count). The summed E-state index contributed by atoms with van der Waals surface area (Å²) in [7, 11) is 1.28. The van der Waals surface area contributed by atoms with E-state index in [1.54, 1.807) is 13.1 Å². The first-order valence-electron chi connectivity index (χ1n) is 30.5. The molecule has 2 aliphatic rings. The van der Waals surface area contributed by atoms with Crippen LogP contribution < -0.4 is 27.0 Å². The molecule has 1 aromatic carbocycles. The normalized spacial score (nSPS) is 17.6. The van der Waals surface area contributed by atoms with Gasteiger partial charge in [0.05, 0.1) is 30.2 Å². The molecule has 9 atom stereocenters. The Kier molecular flexibility index (Phi) is 28.3. The minimum absolute atomic E-state index is 0.0321. The van der Waals surface area contributed by atoms with Gasteiger partial charge in [-0.25, -0.2) is 0 Å². The molecule has 1 unspecified atom stereocenters. The summed E-state index contributed by atoms with van der Waals surface area (Å²) >= 11 is 0. The highest BCUT2D eigenvalue weighted by molar-refractivity contribution is 6.36. The van der Waals surface area contributed by atoms with Crippen LogP contribution in [-0.2, 0) is 68.7 Å². The summed E-state index contributed by atoms with van der Waals surface area (Å²) in [6, 6.07) is 2.81. The average Bonchev–Trinajstić information content (AvgIpc) is 3.80. The fraction of sp³-hybridized carbons (Fsp3) is 0.667. The van der Waals surface area contributed by atoms with Gasteiger partial charge in [-0.05, 0) is 87.2 Å². The van der Waals surface area contributed by atoms with Crippen molar-refractivity contribution >= 4 is 87.0 Å². The van der Waals surface area contributed by atoms with Gasteiger partial charge in [-0.3, -0.25) is 62.3 Å². The standard InChI is InChI=1S/C63H94N8O13/c1-10-12-17-41(33-54(76)47(22-23-53(75)62(83)65-9)68-57(79)26-24-52(74)49-20-15-28-70(49)58(80)27-25-51(73)48(31-38(5)6)67-40(8)72)61(82)69-59(39(7)11-2)56(78)35-43(30-37(3)4)63(84)71-29-16-21-50(71)55(77)34-42(60(64)81)32-44-36-66-46-19-14-13-18-45(44)46/h13-14,18-19,36-39,41-43,47-50,59,66H,10-12,15-17,20-35H2,1-9H3,(H2,64,81)(H,65,83)(H,67,72)(H,68,79)(H,69,82)/t39-,41-,42-,43-,47+,48+,49+,50+,59?/m1/s1. The van der Waals surface area contributed by atoms with Gasteiger partial charge in [-0.15, -0.1) is 0 Å². The number of rotatable bonds is 38. The third-order valence-electron chi connectivity index (χ3n) is 16.5. The maximum absolute atomic E-state index is 14.6. The second kappa shape index (κ2) is 34.1. The van der Waals surface area contributed by atoms with Crippen LogP contribution in [0.25, 0.3) is 10.9 Å². The van der Waals surface area contributed by atoms with Crippen LogP contribution in [0.3, 0.4) is 0 Å². The van der Waals surface area contributed by atoms with Crippen LogP contribution in [0.15, 0.2) is 30.5 Å². The van der Waals surface area contributed by atoms with E-state index in [2.05, 4.69) is 26.3 Å². The van der Waals surface area contributed by atoms with Crippen LogP contribution in [0.1, 0.15) is 183 Å². The van der Waals surface area contributed by atoms with E-state index >= 15 is 0 Å². The van der Waals surface area contributed by atoms with E-state index in [-0.39, 0.29) is 106 Å². The highest BCUT2D eigenvalue weighted by atomic mass is 16.2. The second-order valence-corrected chi connectivity index (χ2v) is 24.1. The SMILES string of the molecule is CCCC[C@H](CC(=O)[C@H](CCC(=O)C(=O)NC)NC(=O)CCC(=O)[C@@H]1CCCN1C(=O)CCC(=O)[C@H](CC(C)C)NC(C)=O)C(=O)NC(C(=O)C[C@@H](CC(C)C)C(=O)N1CCC[C@H]1C(=O)C[C@@H](Cc1c[nH]c2ccccc12)C(N)=O)[C@H](C)CC. The second-order valence-electron chi connectivity index (χ2n) is 24.1. The number of likely N-dealkylation sites (N-methyl/N-ethyl adjacent to an activating group) is 1. The molecule has 2 aromatic rings. The molecule has 7 N–H and O–H groups in total. The number of fused-ring (bicyclic) bond motifs is 1. The smallest absolute Gasteiger partial charge is 0.287 e. The first kappa shape index (κ1) is 69.6. The quantitative estimate of drug-likeness (QED) is 0.0453. The Bertz CT molecular complexity index is 2680. The van der Waals surface area contributed by atoms with E-state index in [9.17, 15) is 62.3 Å². The van der Waals surface area contributed by atoms with Gasteiger partial charge in [0.15, 0.2) is 28.9 Å². The van der Waals surface area contributed by atoms with Gasteiger partial charge < -0.3 is 41.8 Å². The number of nitrogens with zero attached hydrogens (tertiary/aromatic N) is 2. The number of primary amides is 1. The Labute approximate surface area is 495 Å². The molecule has 0 radical (unpaired) electrons. The average molecular weight is 1170 g/mol. The van der Waals surface area contributed by atoms with Crippen LogP contribution >= 0.6 is 0 Å². The predicted octanol–water partition coefficient (Wildman–Crippen LogP) is 5.50. The maximum atomic E-state index is 14.6. The molecule has 2 saturated heterocycles. The number of Topliss-reactive ketones (excluding diaryl/α,β-unsaturated/α-hetero) is 6. The first-order chi connectivity index (χ1) is 39.8. The number of hydrogen-bond donors (Lipinski definition) is 6. The van der Waals surface area contributed by atoms with Crippen molar-refractivity contribution in [1.29, 1.82) is 0 Å². The number of carbonyl (C=O) groups excluding carboxylic acids is 13. The van der Waals surface area contributed by atoms with Crippen molar-refractivity contribution < 1.29 is 62.3 Å². The topological polar surface area (TPSA) is 318 Å². The summed E-state index contributed by atoms with van der Waals surface area (Å²) in [5, 5.41) is 11.4. The number of nitrogens with one attached hydrogen (secondary N) is 5. The van der Waals surface area contributed by atoms with Crippen LogP contribution in [0.4, 0.5) is 0 Å². The van der Waals surface area contributed by atoms with Crippen molar-refractivity contribution in [2.45, 2.75) is 214 Å². The number of carbonyl (C=O) groups is 13. The number of para-hydroxylation sites is 1. The van der Waals surface area contributed by atoms with Crippen LogP contribution in [-0.4, -0.2) is 141 Å². The first-order valence-corrected chi connectivity index (χ1v) is 30.5. The number of aromatic nitrogens is 1. The molecule has 0 spiro atoms. The fourth-order valence-electron chi connectivity index (χ4n) is 11.7. The Hall–Kier alpha value is -6.93. The Morgan fingerprint density at radius 1 is 0.667 bits per heavy atom. The number of unbranched alkanes of at least 4 members (excludes halogenated alkanes) is 1. The highest BCUT2D eigenvalue weighted by Crippen LogP contribution is 2.30. The van der Waals surface area contributed by atoms with Gasteiger partial charge in [0.2, 0.25) is 41.2 Å². The number of amides is 7. The zero-order valence-corrected chi connectivity index (χ0v) is 51.1. The van der Waals surface area contributed by atoms with Crippen LogP contribution in [0.5, 0.6) is 0 Å². The lowest BCUT2D eigenvalue weighted by atomic mass is 9.84. The van der Waals surface area contributed by atoms with E-state index in [0.717, 1.165) is 16.5 Å². The van der Waals surface area contributed by atoms with Crippen molar-refractivity contribution in [3.63, 3.8) is 0 Å². The zero-order valence-electron chi connectivity index (χ0n) is 51.1. The van der Waals surface area contributed by atoms with Gasteiger partial charge in [-0.1, -0.05) is 85.9 Å². The summed E-state index contributed by atoms with van der Waals surface area (Å²) in [4.78, 5) is 181. The molecular formula is C63H94N8O13. The van der Waals surface area contributed by atoms with Crippen molar-refractivity contribution in [2.24, 2.45) is 41.2 Å². The lowest BCUT2D eigenvalue weighted by Gasteiger charge is -2.31. The van der Waals surface area contributed by atoms with Crippen molar-refractivity contribution in [2.75, 3.05) is 20.1 Å². The minimum atomic E-state index is -1.35. The molecule has 0 saturated carbocycles. The summed E-state index contributed by atoms with van der Waals surface area (Å²) in [6.07, 6.45) is 3.90. The fourth-order valence-corrected chi connectivity index (χ4v) is 11.7. The number of likely N-dealkylation sites (tertiary alicyclic amines) is 2. The van der Waals surface area contributed by atoms with Gasteiger partial charge in [-0.2, -0.15) is 0 Å². The van der Waals surface area contributed by atoms with E-state index < -0.39 is 119 Å². The number of nitrogens with two attached hydrogens (primary N) is 1. The number of benzene rings is 1. The summed E-state index contributed by atoms with van der Waals surface area (Å²) in [5.41, 5.74) is 7.60. The Morgan fingerprint density at radius 3 is 1.93 bits per heavy atom. The van der Waals surface area contributed by atoms with E-state index in [0.29, 0.717) is 57.8 Å². The molecule has 21 nitrogen and oxygen atoms in total.